The van der Waals surface area contributed by atoms with Gasteiger partial charge in [-0.25, -0.2) is 4.98 Å². The summed E-state index contributed by atoms with van der Waals surface area (Å²) in [4.78, 5) is 21.5. The van der Waals surface area contributed by atoms with Gasteiger partial charge in [0.05, 0.1) is 26.4 Å². The zero-order chi connectivity index (χ0) is 17.2. The van der Waals surface area contributed by atoms with Crippen molar-refractivity contribution in [3.8, 4) is 0 Å². The molecule has 0 aliphatic carbocycles. The first kappa shape index (κ1) is 17.4. The van der Waals surface area contributed by atoms with Gasteiger partial charge < -0.3 is 18.9 Å². The Morgan fingerprint density at radius 1 is 1.29 bits per heavy atom. The second-order valence-corrected chi connectivity index (χ2v) is 7.04. The van der Waals surface area contributed by atoms with E-state index in [1.165, 1.54) is 0 Å². The summed E-state index contributed by atoms with van der Waals surface area (Å²) in [7, 11) is 0. The van der Waals surface area contributed by atoms with Crippen LogP contribution in [-0.2, 0) is 20.8 Å². The Balaban J connectivity index is 1.66. The van der Waals surface area contributed by atoms with Crippen LogP contribution < -0.4 is 0 Å². The summed E-state index contributed by atoms with van der Waals surface area (Å²) < 4.78 is 13.4. The Labute approximate surface area is 143 Å². The average Bonchev–Trinajstić information content (AvgIpc) is 3.03. The Kier molecular flexibility index (Phi) is 5.22. The molecule has 1 amide bonds. The maximum atomic E-state index is 12.9. The molecule has 0 spiro atoms. The number of carbonyl (C=O) groups excluding carboxylic acids is 1. The number of ether oxygens (including phenoxy) is 2. The molecule has 3 rings (SSSR count). The van der Waals surface area contributed by atoms with Crippen molar-refractivity contribution in [2.45, 2.75) is 39.0 Å². The van der Waals surface area contributed by atoms with Crippen molar-refractivity contribution < 1.29 is 14.3 Å². The van der Waals surface area contributed by atoms with E-state index in [2.05, 4.69) is 28.3 Å². The van der Waals surface area contributed by atoms with Gasteiger partial charge in [0.15, 0.2) is 5.60 Å². The standard InChI is InChI=1S/C17H28N4O3/c1-14(2)21-5-4-18-15(21)12-19-6-11-24-17(3,13-19)16(22)20-7-9-23-10-8-20/h4-5,14H,6-13H2,1-3H3. The van der Waals surface area contributed by atoms with Crippen LogP contribution in [0.3, 0.4) is 0 Å². The fraction of sp³-hybridized carbons (Fsp3) is 0.765. The lowest BCUT2D eigenvalue weighted by molar-refractivity contribution is -0.171. The average molecular weight is 336 g/mol. The molecule has 1 aromatic heterocycles. The molecular weight excluding hydrogens is 308 g/mol. The summed E-state index contributed by atoms with van der Waals surface area (Å²) in [6.45, 7) is 11.4. The molecule has 2 aliphatic rings. The minimum Gasteiger partial charge on any atom is -0.378 e. The number of morpholine rings is 2. The fourth-order valence-electron chi connectivity index (χ4n) is 3.45. The molecule has 2 saturated heterocycles. The van der Waals surface area contributed by atoms with Gasteiger partial charge in [0.1, 0.15) is 5.82 Å². The number of rotatable bonds is 4. The number of aromatic nitrogens is 2. The van der Waals surface area contributed by atoms with Crippen LogP contribution in [0.1, 0.15) is 32.6 Å². The molecule has 7 heteroatoms. The summed E-state index contributed by atoms with van der Waals surface area (Å²) in [5.41, 5.74) is -0.787. The Morgan fingerprint density at radius 3 is 2.75 bits per heavy atom. The van der Waals surface area contributed by atoms with Crippen LogP contribution in [0.15, 0.2) is 12.4 Å². The van der Waals surface area contributed by atoms with E-state index in [0.29, 0.717) is 45.5 Å². The smallest absolute Gasteiger partial charge is 0.256 e. The third kappa shape index (κ3) is 3.63. The predicted molar refractivity (Wildman–Crippen MR) is 89.6 cm³/mol. The summed E-state index contributed by atoms with van der Waals surface area (Å²) in [5, 5.41) is 0. The SMILES string of the molecule is CC(C)n1ccnc1CN1CCOC(C)(C(=O)N2CCOCC2)C1. The molecule has 2 aliphatic heterocycles. The monoisotopic (exact) mass is 336 g/mol. The summed E-state index contributed by atoms with van der Waals surface area (Å²) in [6, 6.07) is 0.380. The van der Waals surface area contributed by atoms with Gasteiger partial charge in [-0.3, -0.25) is 9.69 Å². The first-order chi connectivity index (χ1) is 11.5. The van der Waals surface area contributed by atoms with Gasteiger partial charge in [-0.1, -0.05) is 0 Å². The number of nitrogens with zero attached hydrogens (tertiary/aromatic N) is 4. The lowest BCUT2D eigenvalue weighted by Crippen LogP contribution is -2.60. The summed E-state index contributed by atoms with van der Waals surface area (Å²) >= 11 is 0. The number of amides is 1. The van der Waals surface area contributed by atoms with Gasteiger partial charge in [0.25, 0.3) is 5.91 Å². The largest absolute Gasteiger partial charge is 0.378 e. The van der Waals surface area contributed by atoms with Crippen molar-refractivity contribution in [1.29, 1.82) is 0 Å². The van der Waals surface area contributed by atoms with E-state index in [-0.39, 0.29) is 5.91 Å². The molecule has 1 aromatic rings. The van der Waals surface area contributed by atoms with Crippen LogP contribution in [0.2, 0.25) is 0 Å². The minimum atomic E-state index is -0.787. The first-order valence-electron chi connectivity index (χ1n) is 8.75. The van der Waals surface area contributed by atoms with E-state index in [9.17, 15) is 4.79 Å². The number of imidazole rings is 1. The van der Waals surface area contributed by atoms with Crippen molar-refractivity contribution in [2.75, 3.05) is 46.0 Å². The Morgan fingerprint density at radius 2 is 2.04 bits per heavy atom. The van der Waals surface area contributed by atoms with Gasteiger partial charge in [0.2, 0.25) is 0 Å². The molecule has 3 heterocycles. The predicted octanol–water partition coefficient (Wildman–Crippen LogP) is 0.914. The van der Waals surface area contributed by atoms with E-state index in [4.69, 9.17) is 9.47 Å². The van der Waals surface area contributed by atoms with Gasteiger partial charge in [-0.2, -0.15) is 0 Å². The normalized spacial score (nSPS) is 26.1. The molecule has 2 fully saturated rings. The molecule has 7 nitrogen and oxygen atoms in total. The third-order valence-corrected chi connectivity index (χ3v) is 4.77. The van der Waals surface area contributed by atoms with Gasteiger partial charge in [-0.15, -0.1) is 0 Å². The van der Waals surface area contributed by atoms with Crippen molar-refractivity contribution >= 4 is 5.91 Å². The van der Waals surface area contributed by atoms with Crippen LogP contribution >= 0.6 is 0 Å². The van der Waals surface area contributed by atoms with Gasteiger partial charge in [-0.05, 0) is 20.8 Å². The van der Waals surface area contributed by atoms with Crippen molar-refractivity contribution in [3.05, 3.63) is 18.2 Å². The van der Waals surface area contributed by atoms with Crippen LogP contribution in [0.5, 0.6) is 0 Å². The van der Waals surface area contributed by atoms with Gasteiger partial charge >= 0.3 is 0 Å². The van der Waals surface area contributed by atoms with E-state index in [1.54, 1.807) is 0 Å². The lowest BCUT2D eigenvalue weighted by atomic mass is 10.0. The minimum absolute atomic E-state index is 0.0719. The highest BCUT2D eigenvalue weighted by atomic mass is 16.5. The van der Waals surface area contributed by atoms with Crippen LogP contribution in [0.4, 0.5) is 0 Å². The van der Waals surface area contributed by atoms with Crippen LogP contribution in [-0.4, -0.2) is 76.9 Å². The van der Waals surface area contributed by atoms with E-state index < -0.39 is 5.60 Å². The first-order valence-corrected chi connectivity index (χ1v) is 8.75. The maximum Gasteiger partial charge on any atom is 0.256 e. The van der Waals surface area contributed by atoms with Gasteiger partial charge in [0, 0.05) is 44.6 Å². The molecule has 134 valence electrons. The molecule has 0 radical (unpaired) electrons. The number of carbonyl (C=O) groups is 1. The quantitative estimate of drug-likeness (QED) is 0.818. The zero-order valence-corrected chi connectivity index (χ0v) is 14.9. The third-order valence-electron chi connectivity index (χ3n) is 4.77. The Bertz CT molecular complexity index is 568. The van der Waals surface area contributed by atoms with E-state index in [1.807, 2.05) is 24.2 Å². The van der Waals surface area contributed by atoms with Crippen LogP contribution in [0, 0.1) is 0 Å². The summed E-state index contributed by atoms with van der Waals surface area (Å²) in [5.74, 6) is 1.11. The highest BCUT2D eigenvalue weighted by Crippen LogP contribution is 2.23. The molecule has 1 unspecified atom stereocenters. The second-order valence-electron chi connectivity index (χ2n) is 7.04. The molecular formula is C17H28N4O3. The molecule has 0 bridgehead atoms. The summed E-state index contributed by atoms with van der Waals surface area (Å²) in [6.07, 6.45) is 3.85. The number of hydrogen-bond donors (Lipinski definition) is 0. The highest BCUT2D eigenvalue weighted by Gasteiger charge is 2.42. The second kappa shape index (κ2) is 7.21. The lowest BCUT2D eigenvalue weighted by Gasteiger charge is -2.42. The van der Waals surface area contributed by atoms with E-state index in [0.717, 1.165) is 18.9 Å². The number of hydrogen-bond acceptors (Lipinski definition) is 5. The maximum absolute atomic E-state index is 12.9. The van der Waals surface area contributed by atoms with Crippen molar-refractivity contribution in [3.63, 3.8) is 0 Å². The topological polar surface area (TPSA) is 59.8 Å². The Hall–Kier alpha value is -1.44. The van der Waals surface area contributed by atoms with Crippen molar-refractivity contribution in [2.24, 2.45) is 0 Å². The highest BCUT2D eigenvalue weighted by molar-refractivity contribution is 5.85. The van der Waals surface area contributed by atoms with E-state index >= 15 is 0 Å². The fourth-order valence-corrected chi connectivity index (χ4v) is 3.45. The molecule has 0 N–H and O–H groups in total. The van der Waals surface area contributed by atoms with Crippen molar-refractivity contribution in [1.82, 2.24) is 19.4 Å². The van der Waals surface area contributed by atoms with Crippen LogP contribution in [0.25, 0.3) is 0 Å². The molecule has 1 atom stereocenters. The zero-order valence-electron chi connectivity index (χ0n) is 14.9. The molecule has 0 aromatic carbocycles. The molecule has 24 heavy (non-hydrogen) atoms. The molecule has 0 saturated carbocycles.